The van der Waals surface area contributed by atoms with Crippen molar-refractivity contribution in [3.63, 3.8) is 0 Å². The molecule has 0 saturated heterocycles. The lowest BCUT2D eigenvalue weighted by molar-refractivity contribution is -0.121. The number of carbonyl (C=O) groups is 2. The standard InChI is InChI=1S/C18H25NO3/c1-13-6-8-15(9-7-13)16(20)10-11-18(22)19-12-17(21)14-4-2-3-5-14/h6-9,14,17,21H,2-5,10-12H2,1H3,(H,19,22). The van der Waals surface area contributed by atoms with Gasteiger partial charge in [0.25, 0.3) is 0 Å². The van der Waals surface area contributed by atoms with Gasteiger partial charge in [-0.3, -0.25) is 9.59 Å². The van der Waals surface area contributed by atoms with Gasteiger partial charge in [-0.2, -0.15) is 0 Å². The van der Waals surface area contributed by atoms with Crippen LogP contribution in [-0.4, -0.2) is 29.4 Å². The summed E-state index contributed by atoms with van der Waals surface area (Å²) in [4.78, 5) is 23.8. The van der Waals surface area contributed by atoms with E-state index in [1.54, 1.807) is 12.1 Å². The molecule has 1 fully saturated rings. The zero-order valence-electron chi connectivity index (χ0n) is 13.2. The molecule has 2 N–H and O–H groups in total. The molecule has 4 nitrogen and oxygen atoms in total. The van der Waals surface area contributed by atoms with E-state index in [-0.39, 0.29) is 24.5 Å². The number of benzene rings is 1. The van der Waals surface area contributed by atoms with Gasteiger partial charge >= 0.3 is 0 Å². The van der Waals surface area contributed by atoms with Crippen molar-refractivity contribution in [2.24, 2.45) is 5.92 Å². The van der Waals surface area contributed by atoms with Crippen molar-refractivity contribution in [3.05, 3.63) is 35.4 Å². The van der Waals surface area contributed by atoms with Gasteiger partial charge in [0.1, 0.15) is 0 Å². The summed E-state index contributed by atoms with van der Waals surface area (Å²) in [7, 11) is 0. The molecule has 1 saturated carbocycles. The molecule has 1 aromatic rings. The molecule has 2 rings (SSSR count). The highest BCUT2D eigenvalue weighted by atomic mass is 16.3. The summed E-state index contributed by atoms with van der Waals surface area (Å²) in [6.07, 6.45) is 4.34. The van der Waals surface area contributed by atoms with E-state index in [9.17, 15) is 14.7 Å². The van der Waals surface area contributed by atoms with Crippen molar-refractivity contribution in [2.45, 2.75) is 51.6 Å². The molecular weight excluding hydrogens is 278 g/mol. The Bertz CT molecular complexity index is 504. The fourth-order valence-electron chi connectivity index (χ4n) is 2.93. The number of aryl methyl sites for hydroxylation is 1. The SMILES string of the molecule is Cc1ccc(C(=O)CCC(=O)NCC(O)C2CCCC2)cc1. The van der Waals surface area contributed by atoms with Crippen molar-refractivity contribution in [2.75, 3.05) is 6.54 Å². The first-order chi connectivity index (χ1) is 10.6. The molecule has 0 radical (unpaired) electrons. The lowest BCUT2D eigenvalue weighted by Gasteiger charge is -2.17. The Labute approximate surface area is 131 Å². The van der Waals surface area contributed by atoms with Gasteiger partial charge in [-0.05, 0) is 25.7 Å². The van der Waals surface area contributed by atoms with E-state index in [0.717, 1.165) is 18.4 Å². The topological polar surface area (TPSA) is 66.4 Å². The fraction of sp³-hybridized carbons (Fsp3) is 0.556. The van der Waals surface area contributed by atoms with Crippen molar-refractivity contribution in [1.82, 2.24) is 5.32 Å². The predicted octanol–water partition coefficient (Wildman–Crippen LogP) is 2.63. The maximum absolute atomic E-state index is 12.0. The molecule has 1 aliphatic rings. The number of ketones is 1. The third-order valence-corrected chi connectivity index (χ3v) is 4.41. The minimum Gasteiger partial charge on any atom is -0.391 e. The van der Waals surface area contributed by atoms with Crippen molar-refractivity contribution >= 4 is 11.7 Å². The predicted molar refractivity (Wildman–Crippen MR) is 85.7 cm³/mol. The number of rotatable bonds is 7. The Kier molecular flexibility index (Phi) is 6.13. The summed E-state index contributed by atoms with van der Waals surface area (Å²) in [5.74, 6) is 0.124. The van der Waals surface area contributed by atoms with Crippen LogP contribution in [0.4, 0.5) is 0 Å². The molecule has 1 aliphatic carbocycles. The second-order valence-electron chi connectivity index (χ2n) is 6.21. The Balaban J connectivity index is 1.68. The number of hydrogen-bond donors (Lipinski definition) is 2. The number of nitrogens with one attached hydrogen (secondary N) is 1. The minimum atomic E-state index is -0.459. The number of hydrogen-bond acceptors (Lipinski definition) is 3. The van der Waals surface area contributed by atoms with E-state index in [4.69, 9.17) is 0 Å². The quantitative estimate of drug-likeness (QED) is 0.761. The van der Waals surface area contributed by atoms with Crippen LogP contribution in [0.25, 0.3) is 0 Å². The van der Waals surface area contributed by atoms with E-state index < -0.39 is 6.10 Å². The normalized spacial score (nSPS) is 16.5. The van der Waals surface area contributed by atoms with Crippen LogP contribution in [0.5, 0.6) is 0 Å². The molecule has 1 aromatic carbocycles. The highest BCUT2D eigenvalue weighted by molar-refractivity contribution is 5.97. The average molecular weight is 303 g/mol. The first kappa shape index (κ1) is 16.7. The summed E-state index contributed by atoms with van der Waals surface area (Å²) >= 11 is 0. The Hall–Kier alpha value is -1.68. The minimum absolute atomic E-state index is 0.0218. The molecule has 0 bridgehead atoms. The molecule has 0 aromatic heterocycles. The summed E-state index contributed by atoms with van der Waals surface area (Å²) < 4.78 is 0. The lowest BCUT2D eigenvalue weighted by atomic mass is 10.0. The first-order valence-corrected chi connectivity index (χ1v) is 8.11. The van der Waals surface area contributed by atoms with Gasteiger partial charge in [0.2, 0.25) is 5.91 Å². The number of aliphatic hydroxyl groups is 1. The first-order valence-electron chi connectivity index (χ1n) is 8.11. The monoisotopic (exact) mass is 303 g/mol. The van der Waals surface area contributed by atoms with Crippen LogP contribution in [0, 0.1) is 12.8 Å². The maximum atomic E-state index is 12.0. The van der Waals surface area contributed by atoms with Gasteiger partial charge in [-0.1, -0.05) is 42.7 Å². The van der Waals surface area contributed by atoms with Gasteiger partial charge in [0, 0.05) is 24.9 Å². The van der Waals surface area contributed by atoms with Crippen molar-refractivity contribution in [1.29, 1.82) is 0 Å². The second-order valence-corrected chi connectivity index (χ2v) is 6.21. The Morgan fingerprint density at radius 1 is 1.18 bits per heavy atom. The molecule has 0 aliphatic heterocycles. The van der Waals surface area contributed by atoms with Crippen LogP contribution in [-0.2, 0) is 4.79 Å². The molecule has 1 unspecified atom stereocenters. The summed E-state index contributed by atoms with van der Waals surface area (Å²) in [6, 6.07) is 7.37. The van der Waals surface area contributed by atoms with Gasteiger partial charge < -0.3 is 10.4 Å². The van der Waals surface area contributed by atoms with Crippen LogP contribution in [0.1, 0.15) is 54.4 Å². The Morgan fingerprint density at radius 2 is 1.82 bits per heavy atom. The van der Waals surface area contributed by atoms with Crippen molar-refractivity contribution in [3.8, 4) is 0 Å². The van der Waals surface area contributed by atoms with Gasteiger partial charge in [0.05, 0.1) is 6.10 Å². The summed E-state index contributed by atoms with van der Waals surface area (Å²) in [5.41, 5.74) is 1.75. The number of aliphatic hydroxyl groups excluding tert-OH is 1. The van der Waals surface area contributed by atoms with Crippen LogP contribution in [0.3, 0.4) is 0 Å². The molecule has 120 valence electrons. The van der Waals surface area contributed by atoms with E-state index in [0.29, 0.717) is 18.0 Å². The molecule has 0 heterocycles. The zero-order valence-corrected chi connectivity index (χ0v) is 13.2. The highest BCUT2D eigenvalue weighted by Gasteiger charge is 2.23. The van der Waals surface area contributed by atoms with Crippen LogP contribution >= 0.6 is 0 Å². The number of carbonyl (C=O) groups excluding carboxylic acids is 2. The highest BCUT2D eigenvalue weighted by Crippen LogP contribution is 2.27. The van der Waals surface area contributed by atoms with E-state index in [1.807, 2.05) is 19.1 Å². The number of amides is 1. The fourth-order valence-corrected chi connectivity index (χ4v) is 2.93. The van der Waals surface area contributed by atoms with E-state index in [2.05, 4.69) is 5.32 Å². The third-order valence-electron chi connectivity index (χ3n) is 4.41. The largest absolute Gasteiger partial charge is 0.391 e. The zero-order chi connectivity index (χ0) is 15.9. The van der Waals surface area contributed by atoms with Gasteiger partial charge in [0.15, 0.2) is 5.78 Å². The van der Waals surface area contributed by atoms with Crippen LogP contribution in [0.15, 0.2) is 24.3 Å². The molecule has 1 atom stereocenters. The molecule has 0 spiro atoms. The van der Waals surface area contributed by atoms with Gasteiger partial charge in [-0.15, -0.1) is 0 Å². The maximum Gasteiger partial charge on any atom is 0.220 e. The summed E-state index contributed by atoms with van der Waals surface area (Å²) in [5, 5.41) is 12.7. The molecule has 22 heavy (non-hydrogen) atoms. The smallest absolute Gasteiger partial charge is 0.220 e. The summed E-state index contributed by atoms with van der Waals surface area (Å²) in [6.45, 7) is 2.26. The second kappa shape index (κ2) is 8.08. The van der Waals surface area contributed by atoms with Crippen LogP contribution < -0.4 is 5.32 Å². The molecule has 1 amide bonds. The molecular formula is C18H25NO3. The number of Topliss-reactive ketones (excluding diaryl/α,β-unsaturated/α-hetero) is 1. The van der Waals surface area contributed by atoms with Crippen LogP contribution in [0.2, 0.25) is 0 Å². The third kappa shape index (κ3) is 4.95. The van der Waals surface area contributed by atoms with E-state index in [1.165, 1.54) is 12.8 Å². The lowest BCUT2D eigenvalue weighted by Crippen LogP contribution is -2.35. The van der Waals surface area contributed by atoms with E-state index >= 15 is 0 Å². The Morgan fingerprint density at radius 3 is 2.45 bits per heavy atom. The van der Waals surface area contributed by atoms with Crippen molar-refractivity contribution < 1.29 is 14.7 Å². The van der Waals surface area contributed by atoms with Gasteiger partial charge in [-0.25, -0.2) is 0 Å². The average Bonchev–Trinajstić information content (AvgIpc) is 3.05. The molecule has 4 heteroatoms.